The van der Waals surface area contributed by atoms with Crippen LogP contribution < -0.4 is 0 Å². The number of hydrogen-bond donors (Lipinski definition) is 0. The molecular formula is C14H11ClO. The molecule has 0 amide bonds. The van der Waals surface area contributed by atoms with Crippen LogP contribution in [0.5, 0.6) is 0 Å². The van der Waals surface area contributed by atoms with E-state index in [2.05, 4.69) is 13.0 Å². The van der Waals surface area contributed by atoms with E-state index in [-0.39, 0.29) is 0 Å². The number of rotatable bonds is 2. The van der Waals surface area contributed by atoms with Crippen molar-refractivity contribution >= 4 is 17.9 Å². The van der Waals surface area contributed by atoms with Crippen LogP contribution in [0.2, 0.25) is 5.02 Å². The van der Waals surface area contributed by atoms with Crippen molar-refractivity contribution in [1.82, 2.24) is 0 Å². The summed E-state index contributed by atoms with van der Waals surface area (Å²) in [6.07, 6.45) is 0.768. The largest absolute Gasteiger partial charge is 0.298 e. The van der Waals surface area contributed by atoms with E-state index < -0.39 is 0 Å². The Hall–Kier alpha value is -1.60. The minimum Gasteiger partial charge on any atom is -0.298 e. The topological polar surface area (TPSA) is 17.1 Å². The van der Waals surface area contributed by atoms with Crippen LogP contribution in [0.1, 0.15) is 15.9 Å². The Labute approximate surface area is 99.7 Å². The van der Waals surface area contributed by atoms with E-state index in [1.165, 1.54) is 5.56 Å². The summed E-state index contributed by atoms with van der Waals surface area (Å²) in [6, 6.07) is 13.6. The second-order valence-corrected chi connectivity index (χ2v) is 4.08. The van der Waals surface area contributed by atoms with Crippen LogP contribution in [0.15, 0.2) is 42.5 Å². The fourth-order valence-electron chi connectivity index (χ4n) is 1.69. The monoisotopic (exact) mass is 230 g/mol. The molecule has 0 aromatic heterocycles. The molecule has 0 N–H and O–H groups in total. The van der Waals surface area contributed by atoms with Gasteiger partial charge in [0.15, 0.2) is 6.29 Å². The molecule has 0 atom stereocenters. The fraction of sp³-hybridized carbons (Fsp3) is 0.0714. The quantitative estimate of drug-likeness (QED) is 0.709. The van der Waals surface area contributed by atoms with E-state index in [1.807, 2.05) is 30.3 Å². The predicted octanol–water partition coefficient (Wildman–Crippen LogP) is 4.13. The van der Waals surface area contributed by atoms with Crippen molar-refractivity contribution in [2.24, 2.45) is 0 Å². The maximum atomic E-state index is 10.7. The summed E-state index contributed by atoms with van der Waals surface area (Å²) in [5, 5.41) is 0.496. The van der Waals surface area contributed by atoms with E-state index in [0.717, 1.165) is 17.4 Å². The Morgan fingerprint density at radius 3 is 2.50 bits per heavy atom. The van der Waals surface area contributed by atoms with Gasteiger partial charge in [-0.25, -0.2) is 0 Å². The molecule has 2 rings (SSSR count). The third-order valence-electron chi connectivity index (χ3n) is 2.58. The number of hydrogen-bond acceptors (Lipinski definition) is 1. The van der Waals surface area contributed by atoms with Crippen molar-refractivity contribution < 1.29 is 4.79 Å². The summed E-state index contributed by atoms with van der Waals surface area (Å²) in [6.45, 7) is 2.05. The average molecular weight is 231 g/mol. The highest BCUT2D eigenvalue weighted by Gasteiger charge is 2.04. The standard InChI is InChI=1S/C14H11ClO/c1-10-4-2-3-5-13(10)11-6-7-12(9-16)14(15)8-11/h2-9H,1H3. The lowest BCUT2D eigenvalue weighted by Gasteiger charge is -2.06. The zero-order chi connectivity index (χ0) is 11.5. The molecule has 0 bridgehead atoms. The van der Waals surface area contributed by atoms with Crippen molar-refractivity contribution in [2.75, 3.05) is 0 Å². The lowest BCUT2D eigenvalue weighted by Crippen LogP contribution is -1.86. The first-order valence-electron chi connectivity index (χ1n) is 5.03. The summed E-state index contributed by atoms with van der Waals surface area (Å²) in [7, 11) is 0. The molecule has 16 heavy (non-hydrogen) atoms. The van der Waals surface area contributed by atoms with Gasteiger partial charge in [0, 0.05) is 5.56 Å². The van der Waals surface area contributed by atoms with Gasteiger partial charge in [-0.3, -0.25) is 4.79 Å². The Balaban J connectivity index is 2.54. The van der Waals surface area contributed by atoms with Gasteiger partial charge in [0.1, 0.15) is 0 Å². The molecule has 0 spiro atoms. The van der Waals surface area contributed by atoms with Crippen molar-refractivity contribution in [1.29, 1.82) is 0 Å². The molecule has 0 heterocycles. The summed E-state index contributed by atoms with van der Waals surface area (Å²) >= 11 is 6.00. The van der Waals surface area contributed by atoms with Gasteiger partial charge in [-0.1, -0.05) is 41.9 Å². The molecule has 0 unspecified atom stereocenters. The van der Waals surface area contributed by atoms with Crippen LogP contribution in [-0.4, -0.2) is 6.29 Å². The minimum absolute atomic E-state index is 0.496. The Morgan fingerprint density at radius 1 is 1.12 bits per heavy atom. The zero-order valence-electron chi connectivity index (χ0n) is 8.91. The predicted molar refractivity (Wildman–Crippen MR) is 67.0 cm³/mol. The molecule has 0 fully saturated rings. The van der Waals surface area contributed by atoms with Gasteiger partial charge in [-0.05, 0) is 35.7 Å². The van der Waals surface area contributed by atoms with Crippen LogP contribution in [0.3, 0.4) is 0 Å². The molecule has 80 valence electrons. The third-order valence-corrected chi connectivity index (χ3v) is 2.91. The lowest BCUT2D eigenvalue weighted by molar-refractivity contribution is 0.112. The van der Waals surface area contributed by atoms with E-state index in [1.54, 1.807) is 6.07 Å². The SMILES string of the molecule is Cc1ccccc1-c1ccc(C=O)c(Cl)c1. The van der Waals surface area contributed by atoms with Crippen LogP contribution in [0, 0.1) is 6.92 Å². The molecule has 0 radical (unpaired) electrons. The van der Waals surface area contributed by atoms with Crippen LogP contribution >= 0.6 is 11.6 Å². The van der Waals surface area contributed by atoms with Gasteiger partial charge in [0.2, 0.25) is 0 Å². The van der Waals surface area contributed by atoms with Crippen molar-refractivity contribution in [3.8, 4) is 11.1 Å². The highest BCUT2D eigenvalue weighted by Crippen LogP contribution is 2.27. The van der Waals surface area contributed by atoms with Crippen LogP contribution in [0.25, 0.3) is 11.1 Å². The zero-order valence-corrected chi connectivity index (χ0v) is 9.66. The molecule has 2 aromatic carbocycles. The fourth-order valence-corrected chi connectivity index (χ4v) is 1.91. The number of aldehydes is 1. The summed E-state index contributed by atoms with van der Waals surface area (Å²) in [4.78, 5) is 10.7. The maximum Gasteiger partial charge on any atom is 0.151 e. The second-order valence-electron chi connectivity index (χ2n) is 3.67. The molecule has 2 heteroatoms. The Bertz CT molecular complexity index is 532. The number of carbonyl (C=O) groups is 1. The molecule has 0 saturated heterocycles. The summed E-state index contributed by atoms with van der Waals surface area (Å²) in [5.41, 5.74) is 3.90. The molecule has 0 aliphatic carbocycles. The number of carbonyl (C=O) groups excluding carboxylic acids is 1. The van der Waals surface area contributed by atoms with E-state index in [4.69, 9.17) is 11.6 Å². The average Bonchev–Trinajstić information content (AvgIpc) is 2.29. The van der Waals surface area contributed by atoms with Gasteiger partial charge in [-0.15, -0.1) is 0 Å². The number of benzene rings is 2. The van der Waals surface area contributed by atoms with Crippen molar-refractivity contribution in [2.45, 2.75) is 6.92 Å². The van der Waals surface area contributed by atoms with E-state index >= 15 is 0 Å². The van der Waals surface area contributed by atoms with Gasteiger partial charge < -0.3 is 0 Å². The van der Waals surface area contributed by atoms with Crippen molar-refractivity contribution in [3.05, 3.63) is 58.6 Å². The Kier molecular flexibility index (Phi) is 3.07. The van der Waals surface area contributed by atoms with Gasteiger partial charge in [-0.2, -0.15) is 0 Å². The first kappa shape index (κ1) is 10.9. The normalized spacial score (nSPS) is 10.1. The molecule has 1 nitrogen and oxygen atoms in total. The third kappa shape index (κ3) is 2.00. The maximum absolute atomic E-state index is 10.7. The Morgan fingerprint density at radius 2 is 1.88 bits per heavy atom. The molecule has 2 aromatic rings. The number of halogens is 1. The van der Waals surface area contributed by atoms with Gasteiger partial charge in [0.05, 0.1) is 5.02 Å². The van der Waals surface area contributed by atoms with E-state index in [9.17, 15) is 4.79 Å². The molecule has 0 saturated carbocycles. The van der Waals surface area contributed by atoms with E-state index in [0.29, 0.717) is 10.6 Å². The smallest absolute Gasteiger partial charge is 0.151 e. The first-order chi connectivity index (χ1) is 7.72. The molecular weight excluding hydrogens is 220 g/mol. The summed E-state index contributed by atoms with van der Waals surface area (Å²) < 4.78 is 0. The number of aryl methyl sites for hydroxylation is 1. The molecule has 0 aliphatic heterocycles. The first-order valence-corrected chi connectivity index (χ1v) is 5.41. The van der Waals surface area contributed by atoms with Crippen molar-refractivity contribution in [3.63, 3.8) is 0 Å². The minimum atomic E-state index is 0.496. The highest BCUT2D eigenvalue weighted by molar-refractivity contribution is 6.33. The lowest BCUT2D eigenvalue weighted by atomic mass is 10.00. The summed E-state index contributed by atoms with van der Waals surface area (Å²) in [5.74, 6) is 0. The van der Waals surface area contributed by atoms with Crippen LogP contribution in [0.4, 0.5) is 0 Å². The highest BCUT2D eigenvalue weighted by atomic mass is 35.5. The van der Waals surface area contributed by atoms with Gasteiger partial charge >= 0.3 is 0 Å². The molecule has 0 aliphatic rings. The second kappa shape index (κ2) is 4.50. The van der Waals surface area contributed by atoms with Gasteiger partial charge in [0.25, 0.3) is 0 Å². The van der Waals surface area contributed by atoms with Crippen LogP contribution in [-0.2, 0) is 0 Å².